The number of aromatic nitrogens is 1. The molecule has 0 radical (unpaired) electrons. The van der Waals surface area contributed by atoms with Gasteiger partial charge in [-0.1, -0.05) is 11.6 Å². The van der Waals surface area contributed by atoms with E-state index in [4.69, 9.17) is 31.5 Å². The Bertz CT molecular complexity index is 624. The Balaban J connectivity index is 2.42. The minimum absolute atomic E-state index is 0.346. The van der Waals surface area contributed by atoms with Crippen molar-refractivity contribution in [2.45, 2.75) is 0 Å². The Morgan fingerprint density at radius 2 is 1.67 bits per heavy atom. The quantitative estimate of drug-likeness (QED) is 0.826. The van der Waals surface area contributed by atoms with Gasteiger partial charge in [0.2, 0.25) is 5.75 Å². The fourth-order valence-corrected chi connectivity index (χ4v) is 2.02. The minimum Gasteiger partial charge on any atom is -0.493 e. The first-order chi connectivity index (χ1) is 10.1. The minimum atomic E-state index is 0.346. The van der Waals surface area contributed by atoms with Gasteiger partial charge in [-0.3, -0.25) is 0 Å². The number of nitrogens with zero attached hydrogens (tertiary/aromatic N) is 1. The molecule has 1 aromatic heterocycles. The van der Waals surface area contributed by atoms with Gasteiger partial charge >= 0.3 is 0 Å². The van der Waals surface area contributed by atoms with Crippen LogP contribution < -0.4 is 25.3 Å². The maximum atomic E-state index is 5.87. The van der Waals surface area contributed by atoms with Crippen molar-refractivity contribution in [2.75, 3.05) is 32.4 Å². The highest BCUT2D eigenvalue weighted by molar-refractivity contribution is 6.29. The highest BCUT2D eigenvalue weighted by atomic mass is 35.5. The molecule has 0 aliphatic heterocycles. The van der Waals surface area contributed by atoms with Crippen molar-refractivity contribution in [3.8, 4) is 17.2 Å². The molecule has 0 aliphatic rings. The lowest BCUT2D eigenvalue weighted by atomic mass is 10.2. The summed E-state index contributed by atoms with van der Waals surface area (Å²) in [7, 11) is 4.66. The number of nitrogens with two attached hydrogens (primary N) is 1. The molecule has 6 nitrogen and oxygen atoms in total. The number of rotatable bonds is 5. The molecule has 0 spiro atoms. The number of anilines is 3. The molecule has 0 atom stereocenters. The Kier molecular flexibility index (Phi) is 4.59. The van der Waals surface area contributed by atoms with Crippen molar-refractivity contribution in [1.29, 1.82) is 0 Å². The van der Waals surface area contributed by atoms with Crippen molar-refractivity contribution in [3.05, 3.63) is 29.5 Å². The van der Waals surface area contributed by atoms with Gasteiger partial charge in [-0.2, -0.15) is 0 Å². The molecule has 1 aromatic carbocycles. The zero-order valence-electron chi connectivity index (χ0n) is 11.9. The van der Waals surface area contributed by atoms with E-state index in [1.165, 1.54) is 6.20 Å². The van der Waals surface area contributed by atoms with Crippen molar-refractivity contribution in [1.82, 2.24) is 4.98 Å². The second-order valence-electron chi connectivity index (χ2n) is 4.13. The predicted octanol–water partition coefficient (Wildman–Crippen LogP) is 3.09. The lowest BCUT2D eigenvalue weighted by molar-refractivity contribution is 0.324. The lowest BCUT2D eigenvalue weighted by Crippen LogP contribution is -2.00. The number of methoxy groups -OCH3 is 3. The summed E-state index contributed by atoms with van der Waals surface area (Å²) in [5.41, 5.74) is 7.71. The van der Waals surface area contributed by atoms with E-state index < -0.39 is 0 Å². The molecule has 0 unspecified atom stereocenters. The van der Waals surface area contributed by atoms with E-state index in [0.717, 1.165) is 5.69 Å². The molecule has 21 heavy (non-hydrogen) atoms. The maximum Gasteiger partial charge on any atom is 0.203 e. The van der Waals surface area contributed by atoms with Crippen molar-refractivity contribution in [2.24, 2.45) is 0 Å². The van der Waals surface area contributed by atoms with Gasteiger partial charge in [-0.15, -0.1) is 0 Å². The molecule has 0 saturated carbocycles. The van der Waals surface area contributed by atoms with Gasteiger partial charge in [-0.05, 0) is 0 Å². The fraction of sp³-hybridized carbons (Fsp3) is 0.214. The van der Waals surface area contributed by atoms with Crippen LogP contribution in [-0.4, -0.2) is 26.3 Å². The van der Waals surface area contributed by atoms with Gasteiger partial charge < -0.3 is 25.3 Å². The first-order valence-corrected chi connectivity index (χ1v) is 6.45. The summed E-state index contributed by atoms with van der Waals surface area (Å²) in [6.07, 6.45) is 1.49. The lowest BCUT2D eigenvalue weighted by Gasteiger charge is -2.15. The van der Waals surface area contributed by atoms with Crippen LogP contribution in [0.2, 0.25) is 5.15 Å². The van der Waals surface area contributed by atoms with E-state index in [2.05, 4.69) is 10.3 Å². The molecule has 0 fully saturated rings. The molecule has 2 aromatic rings. The number of ether oxygens (including phenoxy) is 3. The third-order valence-electron chi connectivity index (χ3n) is 2.85. The van der Waals surface area contributed by atoms with Gasteiger partial charge in [0.05, 0.1) is 38.9 Å². The van der Waals surface area contributed by atoms with Gasteiger partial charge in [0.25, 0.3) is 0 Å². The molecule has 0 amide bonds. The van der Waals surface area contributed by atoms with Crippen LogP contribution in [-0.2, 0) is 0 Å². The zero-order chi connectivity index (χ0) is 15.4. The SMILES string of the molecule is COc1cc(Nc2cc(Cl)ncc2N)cc(OC)c1OC. The first kappa shape index (κ1) is 15.1. The molecular weight excluding hydrogens is 294 g/mol. The van der Waals surface area contributed by atoms with Crippen LogP contribution >= 0.6 is 11.6 Å². The summed E-state index contributed by atoms with van der Waals surface area (Å²) >= 11 is 5.87. The van der Waals surface area contributed by atoms with Crippen LogP contribution in [0.4, 0.5) is 17.1 Å². The number of nitrogens with one attached hydrogen (secondary N) is 1. The van der Waals surface area contributed by atoms with Crippen LogP contribution in [0.5, 0.6) is 17.2 Å². The molecule has 0 bridgehead atoms. The molecule has 112 valence electrons. The van der Waals surface area contributed by atoms with Gasteiger partial charge in [0.15, 0.2) is 11.5 Å². The van der Waals surface area contributed by atoms with Crippen molar-refractivity contribution < 1.29 is 14.2 Å². The van der Waals surface area contributed by atoms with E-state index in [-0.39, 0.29) is 0 Å². The van der Waals surface area contributed by atoms with Crippen LogP contribution in [0.25, 0.3) is 0 Å². The zero-order valence-corrected chi connectivity index (χ0v) is 12.7. The van der Waals surface area contributed by atoms with Gasteiger partial charge in [0.1, 0.15) is 5.15 Å². The monoisotopic (exact) mass is 309 g/mol. The van der Waals surface area contributed by atoms with Crippen LogP contribution in [0, 0.1) is 0 Å². The average Bonchev–Trinajstić information content (AvgIpc) is 2.49. The molecule has 7 heteroatoms. The molecule has 3 N–H and O–H groups in total. The summed E-state index contributed by atoms with van der Waals surface area (Å²) in [5.74, 6) is 1.60. The van der Waals surface area contributed by atoms with E-state index in [1.54, 1.807) is 39.5 Å². The molecule has 0 saturated heterocycles. The number of hydrogen-bond donors (Lipinski definition) is 2. The molecule has 2 rings (SSSR count). The molecule has 1 heterocycles. The molecule has 0 aliphatic carbocycles. The average molecular weight is 310 g/mol. The Morgan fingerprint density at radius 3 is 2.19 bits per heavy atom. The van der Waals surface area contributed by atoms with Crippen LogP contribution in [0.3, 0.4) is 0 Å². The third-order valence-corrected chi connectivity index (χ3v) is 3.05. The summed E-state index contributed by atoms with van der Waals surface area (Å²) in [4.78, 5) is 3.91. The van der Waals surface area contributed by atoms with Gasteiger partial charge in [0, 0.05) is 23.9 Å². The normalized spacial score (nSPS) is 10.1. The Morgan fingerprint density at radius 1 is 1.05 bits per heavy atom. The highest BCUT2D eigenvalue weighted by Gasteiger charge is 2.14. The fourth-order valence-electron chi connectivity index (χ4n) is 1.86. The van der Waals surface area contributed by atoms with Crippen LogP contribution in [0.15, 0.2) is 24.4 Å². The van der Waals surface area contributed by atoms with E-state index in [9.17, 15) is 0 Å². The smallest absolute Gasteiger partial charge is 0.203 e. The van der Waals surface area contributed by atoms with Crippen molar-refractivity contribution in [3.63, 3.8) is 0 Å². The predicted molar refractivity (Wildman–Crippen MR) is 83.0 cm³/mol. The summed E-state index contributed by atoms with van der Waals surface area (Å²) in [6.45, 7) is 0. The van der Waals surface area contributed by atoms with E-state index >= 15 is 0 Å². The Labute approximate surface area is 127 Å². The van der Waals surface area contributed by atoms with E-state index in [0.29, 0.717) is 33.8 Å². The summed E-state index contributed by atoms with van der Waals surface area (Å²) in [5, 5.41) is 3.50. The highest BCUT2D eigenvalue weighted by Crippen LogP contribution is 2.41. The second-order valence-corrected chi connectivity index (χ2v) is 4.52. The molecular formula is C14H16ClN3O3. The number of halogens is 1. The first-order valence-electron chi connectivity index (χ1n) is 6.07. The third kappa shape index (κ3) is 3.22. The number of nitrogen functional groups attached to an aromatic ring is 1. The van der Waals surface area contributed by atoms with Gasteiger partial charge in [-0.25, -0.2) is 4.98 Å². The largest absolute Gasteiger partial charge is 0.493 e. The standard InChI is InChI=1S/C14H16ClN3O3/c1-19-11-4-8(5-12(20-2)14(11)21-3)18-10-6-13(15)17-7-9(10)16/h4-7H,16H2,1-3H3,(H,17,18). The van der Waals surface area contributed by atoms with E-state index in [1.807, 2.05) is 0 Å². The Hall–Kier alpha value is -2.34. The summed E-state index contributed by atoms with van der Waals surface area (Å²) in [6, 6.07) is 5.18. The number of benzene rings is 1. The maximum absolute atomic E-state index is 5.87. The van der Waals surface area contributed by atoms with Crippen LogP contribution in [0.1, 0.15) is 0 Å². The van der Waals surface area contributed by atoms with Crippen molar-refractivity contribution >= 4 is 28.7 Å². The summed E-state index contributed by atoms with van der Waals surface area (Å²) < 4.78 is 15.9. The topological polar surface area (TPSA) is 78.6 Å². The number of pyridine rings is 1. The second kappa shape index (κ2) is 6.41. The number of hydrogen-bond acceptors (Lipinski definition) is 6.